The van der Waals surface area contributed by atoms with Gasteiger partial charge in [0.1, 0.15) is 5.82 Å². The molecular weight excluding hydrogens is 240 g/mol. The number of rotatable bonds is 3. The summed E-state index contributed by atoms with van der Waals surface area (Å²) >= 11 is 0. The van der Waals surface area contributed by atoms with E-state index in [2.05, 4.69) is 15.3 Å². The first-order chi connectivity index (χ1) is 9.13. The summed E-state index contributed by atoms with van der Waals surface area (Å²) < 4.78 is 0. The van der Waals surface area contributed by atoms with E-state index < -0.39 is 0 Å². The monoisotopic (exact) mass is 256 g/mol. The molecule has 1 amide bonds. The topological polar surface area (TPSA) is 80.9 Å². The zero-order valence-corrected chi connectivity index (χ0v) is 11.0. The molecule has 0 aliphatic heterocycles. The molecule has 0 fully saturated rings. The largest absolute Gasteiger partial charge is 0.383 e. The van der Waals surface area contributed by atoms with Crippen molar-refractivity contribution in [1.29, 1.82) is 0 Å². The van der Waals surface area contributed by atoms with Crippen molar-refractivity contribution in [2.24, 2.45) is 0 Å². The fraction of sp³-hybridized carbons (Fsp3) is 0.214. The van der Waals surface area contributed by atoms with E-state index in [9.17, 15) is 4.79 Å². The van der Waals surface area contributed by atoms with Crippen molar-refractivity contribution < 1.29 is 4.79 Å². The molecule has 0 unspecified atom stereocenters. The zero-order valence-electron chi connectivity index (χ0n) is 11.0. The molecular formula is C14H16N4O. The highest BCUT2D eigenvalue weighted by Gasteiger charge is 2.13. The minimum absolute atomic E-state index is 0.194. The van der Waals surface area contributed by atoms with Gasteiger partial charge in [-0.2, -0.15) is 0 Å². The molecule has 0 spiro atoms. The number of nitrogens with two attached hydrogens (primary N) is 1. The molecule has 0 radical (unpaired) electrons. The van der Waals surface area contributed by atoms with Crippen molar-refractivity contribution in [2.45, 2.75) is 13.8 Å². The zero-order chi connectivity index (χ0) is 13.8. The van der Waals surface area contributed by atoms with Crippen LogP contribution in [-0.2, 0) is 0 Å². The van der Waals surface area contributed by atoms with Gasteiger partial charge < -0.3 is 11.1 Å². The van der Waals surface area contributed by atoms with Crippen LogP contribution in [0.2, 0.25) is 0 Å². The van der Waals surface area contributed by atoms with Gasteiger partial charge in [0.25, 0.3) is 5.91 Å². The Morgan fingerprint density at radius 1 is 1.37 bits per heavy atom. The fourth-order valence-corrected chi connectivity index (χ4v) is 1.78. The lowest BCUT2D eigenvalue weighted by Gasteiger charge is -2.08. The maximum Gasteiger partial charge on any atom is 0.256 e. The minimum Gasteiger partial charge on any atom is -0.383 e. The number of nitrogens with zero attached hydrogens (tertiary/aromatic N) is 2. The summed E-state index contributed by atoms with van der Waals surface area (Å²) in [4.78, 5) is 20.1. The number of carbonyl (C=O) groups excluding carboxylic acids is 1. The van der Waals surface area contributed by atoms with Crippen molar-refractivity contribution in [3.8, 4) is 11.4 Å². The molecule has 1 heterocycles. The Bertz CT molecular complexity index is 610. The predicted octanol–water partition coefficient (Wildman–Crippen LogP) is 1.78. The first-order valence-corrected chi connectivity index (χ1v) is 6.10. The molecule has 0 aliphatic carbocycles. The molecule has 1 aromatic heterocycles. The standard InChI is InChI=1S/C14H16N4O/c1-3-16-14(19)11-8-17-13(18-12(11)15)10-7-5-4-6-9(10)2/h4-8H,3H2,1-2H3,(H,16,19)(H2,15,17,18). The number of hydrogen-bond acceptors (Lipinski definition) is 4. The Labute approximate surface area is 111 Å². The quantitative estimate of drug-likeness (QED) is 0.877. The Balaban J connectivity index is 2.39. The summed E-state index contributed by atoms with van der Waals surface area (Å²) in [6.07, 6.45) is 1.47. The molecule has 1 aromatic carbocycles. The van der Waals surface area contributed by atoms with Gasteiger partial charge in [-0.1, -0.05) is 24.3 Å². The minimum atomic E-state index is -0.253. The Hall–Kier alpha value is -2.43. The number of carbonyl (C=O) groups is 1. The molecule has 3 N–H and O–H groups in total. The van der Waals surface area contributed by atoms with Crippen LogP contribution < -0.4 is 11.1 Å². The Kier molecular flexibility index (Phi) is 3.75. The third kappa shape index (κ3) is 2.70. The van der Waals surface area contributed by atoms with Crippen molar-refractivity contribution in [3.05, 3.63) is 41.6 Å². The van der Waals surface area contributed by atoms with Crippen LogP contribution in [0.4, 0.5) is 5.82 Å². The van der Waals surface area contributed by atoms with Crippen LogP contribution in [0.25, 0.3) is 11.4 Å². The van der Waals surface area contributed by atoms with Crippen molar-refractivity contribution >= 4 is 11.7 Å². The number of amides is 1. The third-order valence-corrected chi connectivity index (χ3v) is 2.79. The van der Waals surface area contributed by atoms with Gasteiger partial charge >= 0.3 is 0 Å². The van der Waals surface area contributed by atoms with Gasteiger partial charge in [-0.25, -0.2) is 9.97 Å². The van der Waals surface area contributed by atoms with Crippen LogP contribution >= 0.6 is 0 Å². The molecule has 2 rings (SSSR count). The highest BCUT2D eigenvalue weighted by atomic mass is 16.1. The summed E-state index contributed by atoms with van der Waals surface area (Å²) in [5.41, 5.74) is 8.11. The summed E-state index contributed by atoms with van der Waals surface area (Å²) in [5.74, 6) is 0.471. The van der Waals surface area contributed by atoms with Gasteiger partial charge in [0.05, 0.1) is 5.56 Å². The highest BCUT2D eigenvalue weighted by molar-refractivity contribution is 5.98. The van der Waals surface area contributed by atoms with E-state index in [4.69, 9.17) is 5.73 Å². The maximum atomic E-state index is 11.7. The molecule has 5 nitrogen and oxygen atoms in total. The first kappa shape index (κ1) is 13.0. The maximum absolute atomic E-state index is 11.7. The van der Waals surface area contributed by atoms with Crippen LogP contribution in [0.5, 0.6) is 0 Å². The fourth-order valence-electron chi connectivity index (χ4n) is 1.78. The van der Waals surface area contributed by atoms with Gasteiger partial charge in [-0.3, -0.25) is 4.79 Å². The van der Waals surface area contributed by atoms with Gasteiger partial charge in [0.2, 0.25) is 0 Å². The van der Waals surface area contributed by atoms with Crippen LogP contribution in [0.1, 0.15) is 22.8 Å². The van der Waals surface area contributed by atoms with Crippen LogP contribution in [-0.4, -0.2) is 22.4 Å². The molecule has 2 aromatic rings. The Morgan fingerprint density at radius 2 is 2.11 bits per heavy atom. The van der Waals surface area contributed by atoms with Crippen LogP contribution in [0.3, 0.4) is 0 Å². The van der Waals surface area contributed by atoms with Crippen molar-refractivity contribution in [3.63, 3.8) is 0 Å². The summed E-state index contributed by atoms with van der Waals surface area (Å²) in [6.45, 7) is 4.36. The second-order valence-corrected chi connectivity index (χ2v) is 4.17. The van der Waals surface area contributed by atoms with Crippen molar-refractivity contribution in [2.75, 3.05) is 12.3 Å². The molecule has 0 saturated carbocycles. The first-order valence-electron chi connectivity index (χ1n) is 6.10. The number of anilines is 1. The molecule has 0 bridgehead atoms. The van der Waals surface area contributed by atoms with E-state index in [1.54, 1.807) is 0 Å². The van der Waals surface area contributed by atoms with E-state index in [1.807, 2.05) is 38.1 Å². The number of benzene rings is 1. The SMILES string of the molecule is CCNC(=O)c1cnc(-c2ccccc2C)nc1N. The molecule has 0 saturated heterocycles. The summed E-state index contributed by atoms with van der Waals surface area (Å²) in [6, 6.07) is 7.77. The molecule has 5 heteroatoms. The third-order valence-electron chi connectivity index (χ3n) is 2.79. The van der Waals surface area contributed by atoms with Gasteiger partial charge in [-0.15, -0.1) is 0 Å². The second-order valence-electron chi connectivity index (χ2n) is 4.17. The van der Waals surface area contributed by atoms with E-state index in [1.165, 1.54) is 6.20 Å². The number of aromatic nitrogens is 2. The van der Waals surface area contributed by atoms with E-state index in [-0.39, 0.29) is 11.7 Å². The summed E-state index contributed by atoms with van der Waals surface area (Å²) in [7, 11) is 0. The molecule has 0 aliphatic rings. The lowest BCUT2D eigenvalue weighted by atomic mass is 10.1. The van der Waals surface area contributed by atoms with E-state index in [0.29, 0.717) is 17.9 Å². The normalized spacial score (nSPS) is 10.2. The van der Waals surface area contributed by atoms with Gasteiger partial charge in [0, 0.05) is 18.3 Å². The molecule has 19 heavy (non-hydrogen) atoms. The lowest BCUT2D eigenvalue weighted by molar-refractivity contribution is 0.0956. The Morgan fingerprint density at radius 3 is 2.74 bits per heavy atom. The number of hydrogen-bond donors (Lipinski definition) is 2. The van der Waals surface area contributed by atoms with E-state index in [0.717, 1.165) is 11.1 Å². The van der Waals surface area contributed by atoms with Crippen molar-refractivity contribution in [1.82, 2.24) is 15.3 Å². The van der Waals surface area contributed by atoms with Crippen LogP contribution in [0, 0.1) is 6.92 Å². The lowest BCUT2D eigenvalue weighted by Crippen LogP contribution is -2.24. The number of nitrogens with one attached hydrogen (secondary N) is 1. The van der Waals surface area contributed by atoms with E-state index >= 15 is 0 Å². The highest BCUT2D eigenvalue weighted by Crippen LogP contribution is 2.20. The number of nitrogen functional groups attached to an aromatic ring is 1. The van der Waals surface area contributed by atoms with Gasteiger partial charge in [0.15, 0.2) is 5.82 Å². The molecule has 98 valence electrons. The summed E-state index contributed by atoms with van der Waals surface area (Å²) in [5, 5.41) is 2.67. The van der Waals surface area contributed by atoms with Gasteiger partial charge in [-0.05, 0) is 19.4 Å². The second kappa shape index (κ2) is 5.48. The molecule has 0 atom stereocenters. The van der Waals surface area contributed by atoms with Crippen LogP contribution in [0.15, 0.2) is 30.5 Å². The number of aryl methyl sites for hydroxylation is 1. The predicted molar refractivity (Wildman–Crippen MR) is 74.6 cm³/mol. The average Bonchev–Trinajstić information content (AvgIpc) is 2.39. The average molecular weight is 256 g/mol. The smallest absolute Gasteiger partial charge is 0.256 e.